The molecule has 0 fully saturated rings. The Morgan fingerprint density at radius 1 is 1.04 bits per heavy atom. The Morgan fingerprint density at radius 2 is 1.76 bits per heavy atom. The summed E-state index contributed by atoms with van der Waals surface area (Å²) in [7, 11) is 0. The molecule has 25 heavy (non-hydrogen) atoms. The molecule has 3 rings (SSSR count). The van der Waals surface area contributed by atoms with Crippen molar-refractivity contribution < 1.29 is 9.59 Å². The van der Waals surface area contributed by atoms with Gasteiger partial charge in [0.05, 0.1) is 20.5 Å². The van der Waals surface area contributed by atoms with E-state index in [1.165, 1.54) is 11.3 Å². The van der Waals surface area contributed by atoms with Crippen LogP contribution in [-0.4, -0.2) is 16.8 Å². The van der Waals surface area contributed by atoms with E-state index in [4.69, 9.17) is 11.6 Å². The van der Waals surface area contributed by atoms with Gasteiger partial charge in [0, 0.05) is 18.1 Å². The molecule has 126 valence electrons. The minimum absolute atomic E-state index is 0.230. The minimum Gasteiger partial charge on any atom is -0.321 e. The fourth-order valence-corrected chi connectivity index (χ4v) is 3.40. The zero-order valence-corrected chi connectivity index (χ0v) is 14.8. The number of hydrogen-bond donors (Lipinski definition) is 2. The highest BCUT2D eigenvalue weighted by atomic mass is 35.5. The maximum absolute atomic E-state index is 12.4. The molecule has 3 aromatic rings. The molecule has 0 atom stereocenters. The smallest absolute Gasteiger partial charge is 0.266 e. The maximum atomic E-state index is 12.4. The second kappa shape index (κ2) is 7.46. The molecule has 0 saturated heterocycles. The fourth-order valence-electron chi connectivity index (χ4n) is 2.22. The van der Waals surface area contributed by atoms with Crippen molar-refractivity contribution >= 4 is 45.4 Å². The van der Waals surface area contributed by atoms with Crippen LogP contribution in [0.25, 0.3) is 0 Å². The van der Waals surface area contributed by atoms with Crippen molar-refractivity contribution in [3.8, 4) is 0 Å². The Balaban J connectivity index is 1.75. The van der Waals surface area contributed by atoms with Gasteiger partial charge in [-0.2, -0.15) is 0 Å². The van der Waals surface area contributed by atoms with Crippen molar-refractivity contribution in [1.82, 2.24) is 4.98 Å². The molecular formula is C18H14ClN3O2S. The first-order valence-electron chi connectivity index (χ1n) is 7.42. The van der Waals surface area contributed by atoms with E-state index in [-0.39, 0.29) is 11.8 Å². The summed E-state index contributed by atoms with van der Waals surface area (Å²) < 4.78 is 0. The number of benzene rings is 1. The number of anilines is 2. The topological polar surface area (TPSA) is 71.1 Å². The monoisotopic (exact) mass is 371 g/mol. The summed E-state index contributed by atoms with van der Waals surface area (Å²) in [6, 6.07) is 12.0. The molecule has 0 aliphatic heterocycles. The largest absolute Gasteiger partial charge is 0.321 e. The van der Waals surface area contributed by atoms with Gasteiger partial charge in [-0.1, -0.05) is 23.7 Å². The number of thiophene rings is 1. The molecule has 0 aliphatic carbocycles. The SMILES string of the molecule is Cc1cc(NC(=O)c2ccccc2Cl)sc1C(=O)Nc1ccncc1. The summed E-state index contributed by atoms with van der Waals surface area (Å²) in [5.74, 6) is -0.542. The molecular weight excluding hydrogens is 358 g/mol. The zero-order valence-electron chi connectivity index (χ0n) is 13.2. The third kappa shape index (κ3) is 4.04. The van der Waals surface area contributed by atoms with E-state index in [0.717, 1.165) is 5.56 Å². The van der Waals surface area contributed by atoms with Crippen molar-refractivity contribution in [1.29, 1.82) is 0 Å². The number of carbonyl (C=O) groups excluding carboxylic acids is 2. The number of rotatable bonds is 4. The van der Waals surface area contributed by atoms with Crippen molar-refractivity contribution in [3.05, 3.63) is 75.9 Å². The van der Waals surface area contributed by atoms with Gasteiger partial charge >= 0.3 is 0 Å². The van der Waals surface area contributed by atoms with Crippen molar-refractivity contribution in [2.45, 2.75) is 6.92 Å². The molecule has 0 bridgehead atoms. The fraction of sp³-hybridized carbons (Fsp3) is 0.0556. The van der Waals surface area contributed by atoms with Gasteiger partial charge in [0.1, 0.15) is 0 Å². The number of carbonyl (C=O) groups is 2. The molecule has 0 spiro atoms. The average Bonchev–Trinajstić information content (AvgIpc) is 2.96. The predicted octanol–water partition coefficient (Wildman–Crippen LogP) is 4.61. The lowest BCUT2D eigenvalue weighted by Gasteiger charge is -2.04. The maximum Gasteiger partial charge on any atom is 0.266 e. The molecule has 5 nitrogen and oxygen atoms in total. The van der Waals surface area contributed by atoms with E-state index >= 15 is 0 Å². The zero-order chi connectivity index (χ0) is 17.8. The first kappa shape index (κ1) is 17.1. The van der Waals surface area contributed by atoms with Gasteiger partial charge in [0.25, 0.3) is 11.8 Å². The predicted molar refractivity (Wildman–Crippen MR) is 101 cm³/mol. The summed E-state index contributed by atoms with van der Waals surface area (Å²) in [5.41, 5.74) is 1.83. The standard InChI is InChI=1S/C18H14ClN3O2S/c1-11-10-15(22-17(23)13-4-2-3-5-14(13)19)25-16(11)18(24)21-12-6-8-20-9-7-12/h2-10H,1H3,(H,22,23)(H,20,21,24). The number of halogens is 1. The molecule has 2 amide bonds. The normalized spacial score (nSPS) is 10.3. The van der Waals surface area contributed by atoms with Gasteiger partial charge in [-0.25, -0.2) is 0 Å². The summed E-state index contributed by atoms with van der Waals surface area (Å²) in [6.45, 7) is 1.82. The Labute approximate surface area is 153 Å². The van der Waals surface area contributed by atoms with Crippen LogP contribution in [0.5, 0.6) is 0 Å². The van der Waals surface area contributed by atoms with E-state index in [0.29, 0.717) is 26.2 Å². The van der Waals surface area contributed by atoms with Crippen LogP contribution in [0.1, 0.15) is 25.6 Å². The molecule has 2 aromatic heterocycles. The molecule has 0 unspecified atom stereocenters. The van der Waals surface area contributed by atoms with Crippen LogP contribution in [0.15, 0.2) is 54.9 Å². The Morgan fingerprint density at radius 3 is 2.48 bits per heavy atom. The second-order valence-electron chi connectivity index (χ2n) is 5.25. The van der Waals surface area contributed by atoms with Gasteiger partial charge in [0.2, 0.25) is 0 Å². The number of hydrogen-bond acceptors (Lipinski definition) is 4. The molecule has 0 radical (unpaired) electrons. The Bertz CT molecular complexity index is 925. The quantitative estimate of drug-likeness (QED) is 0.703. The summed E-state index contributed by atoms with van der Waals surface area (Å²) in [6.07, 6.45) is 3.21. The van der Waals surface area contributed by atoms with E-state index in [1.54, 1.807) is 54.9 Å². The highest BCUT2D eigenvalue weighted by Crippen LogP contribution is 2.28. The summed E-state index contributed by atoms with van der Waals surface area (Å²) in [5, 5.41) is 6.55. The number of nitrogens with zero attached hydrogens (tertiary/aromatic N) is 1. The van der Waals surface area contributed by atoms with Gasteiger partial charge in [0.15, 0.2) is 0 Å². The van der Waals surface area contributed by atoms with Gasteiger partial charge in [-0.3, -0.25) is 14.6 Å². The van der Waals surface area contributed by atoms with Gasteiger partial charge in [-0.05, 0) is 42.8 Å². The number of aromatic nitrogens is 1. The molecule has 7 heteroatoms. The van der Waals surface area contributed by atoms with Crippen LogP contribution in [0.2, 0.25) is 5.02 Å². The van der Waals surface area contributed by atoms with Crippen molar-refractivity contribution in [2.24, 2.45) is 0 Å². The summed E-state index contributed by atoms with van der Waals surface area (Å²) in [4.78, 5) is 29.2. The highest BCUT2D eigenvalue weighted by Gasteiger charge is 2.16. The lowest BCUT2D eigenvalue weighted by Crippen LogP contribution is -2.11. The van der Waals surface area contributed by atoms with E-state index < -0.39 is 0 Å². The highest BCUT2D eigenvalue weighted by molar-refractivity contribution is 7.18. The van der Waals surface area contributed by atoms with Gasteiger partial charge in [-0.15, -0.1) is 11.3 Å². The van der Waals surface area contributed by atoms with Crippen LogP contribution >= 0.6 is 22.9 Å². The average molecular weight is 372 g/mol. The van der Waals surface area contributed by atoms with Crippen molar-refractivity contribution in [2.75, 3.05) is 10.6 Å². The van der Waals surface area contributed by atoms with Gasteiger partial charge < -0.3 is 10.6 Å². The number of nitrogens with one attached hydrogen (secondary N) is 2. The van der Waals surface area contributed by atoms with E-state index in [1.807, 2.05) is 6.92 Å². The molecule has 2 N–H and O–H groups in total. The van der Waals surface area contributed by atoms with Crippen LogP contribution in [0.3, 0.4) is 0 Å². The number of pyridine rings is 1. The van der Waals surface area contributed by atoms with Crippen molar-refractivity contribution in [3.63, 3.8) is 0 Å². The van der Waals surface area contributed by atoms with Crippen LogP contribution in [0.4, 0.5) is 10.7 Å². The molecule has 0 saturated carbocycles. The van der Waals surface area contributed by atoms with E-state index in [2.05, 4.69) is 15.6 Å². The molecule has 2 heterocycles. The Kier molecular flexibility index (Phi) is 5.11. The third-order valence-corrected chi connectivity index (χ3v) is 4.90. The van der Waals surface area contributed by atoms with Crippen LogP contribution in [0, 0.1) is 6.92 Å². The lowest BCUT2D eigenvalue weighted by molar-refractivity contribution is 0.102. The summed E-state index contributed by atoms with van der Waals surface area (Å²) >= 11 is 7.25. The van der Waals surface area contributed by atoms with E-state index in [9.17, 15) is 9.59 Å². The third-order valence-electron chi connectivity index (χ3n) is 3.42. The van der Waals surface area contributed by atoms with Crippen LogP contribution < -0.4 is 10.6 Å². The first-order valence-corrected chi connectivity index (χ1v) is 8.62. The first-order chi connectivity index (χ1) is 12.0. The Hall–Kier alpha value is -2.70. The molecule has 1 aromatic carbocycles. The molecule has 0 aliphatic rings. The lowest BCUT2D eigenvalue weighted by atomic mass is 10.2. The number of amides is 2. The van der Waals surface area contributed by atoms with Crippen LogP contribution in [-0.2, 0) is 0 Å². The second-order valence-corrected chi connectivity index (χ2v) is 6.71. The number of aryl methyl sites for hydroxylation is 1. The minimum atomic E-state index is -0.312.